The zero-order valence-electron chi connectivity index (χ0n) is 25.0. The van der Waals surface area contributed by atoms with Crippen LogP contribution in [0.5, 0.6) is 23.0 Å². The molecule has 9 nitrogen and oxygen atoms in total. The molecule has 12 heteroatoms. The van der Waals surface area contributed by atoms with E-state index in [1.54, 1.807) is 25.3 Å². The van der Waals surface area contributed by atoms with E-state index in [0.717, 1.165) is 18.3 Å². The zero-order valence-corrected chi connectivity index (χ0v) is 30.1. The van der Waals surface area contributed by atoms with Crippen molar-refractivity contribution in [3.63, 3.8) is 0 Å². The highest BCUT2D eigenvalue weighted by Crippen LogP contribution is 2.36. The minimum absolute atomic E-state index is 0.230. The van der Waals surface area contributed by atoms with Crippen LogP contribution in [0.2, 0.25) is 0 Å². The molecule has 0 saturated carbocycles. The van der Waals surface area contributed by atoms with Crippen LogP contribution in [0.1, 0.15) is 36.6 Å². The fourth-order valence-corrected chi connectivity index (χ4v) is 6.95. The highest BCUT2D eigenvalue weighted by molar-refractivity contribution is 14.1. The number of fused-ring (bicyclic) bond motifs is 1. The molecular formula is C33H30I2N2O7S. The molecule has 0 saturated heterocycles. The molecule has 3 aromatic carbocycles. The molecule has 1 aromatic heterocycles. The summed E-state index contributed by atoms with van der Waals surface area (Å²) in [6, 6.07) is 16.5. The fourth-order valence-electron chi connectivity index (χ4n) is 4.84. The number of ether oxygens (including phenoxy) is 5. The van der Waals surface area contributed by atoms with Gasteiger partial charge in [0.05, 0.1) is 47.2 Å². The molecule has 45 heavy (non-hydrogen) atoms. The van der Waals surface area contributed by atoms with Crippen LogP contribution in [-0.2, 0) is 16.1 Å². The van der Waals surface area contributed by atoms with E-state index in [1.807, 2.05) is 56.3 Å². The second kappa shape index (κ2) is 14.8. The Morgan fingerprint density at radius 3 is 2.38 bits per heavy atom. The Morgan fingerprint density at radius 2 is 1.69 bits per heavy atom. The van der Waals surface area contributed by atoms with E-state index in [0.29, 0.717) is 57.7 Å². The Morgan fingerprint density at radius 1 is 0.956 bits per heavy atom. The van der Waals surface area contributed by atoms with Gasteiger partial charge in [-0.25, -0.2) is 9.79 Å². The Hall–Kier alpha value is -3.37. The first-order chi connectivity index (χ1) is 21.8. The summed E-state index contributed by atoms with van der Waals surface area (Å²) in [6.07, 6.45) is 3.26. The van der Waals surface area contributed by atoms with E-state index in [1.165, 1.54) is 29.2 Å². The first kappa shape index (κ1) is 33.0. The molecule has 0 radical (unpaired) electrons. The van der Waals surface area contributed by atoms with Crippen molar-refractivity contribution in [1.82, 2.24) is 4.57 Å². The van der Waals surface area contributed by atoms with Gasteiger partial charge in [-0.15, -0.1) is 0 Å². The molecule has 5 rings (SSSR count). The lowest BCUT2D eigenvalue weighted by atomic mass is 9.97. The third kappa shape index (κ3) is 7.22. The zero-order chi connectivity index (χ0) is 32.1. The van der Waals surface area contributed by atoms with Crippen molar-refractivity contribution >= 4 is 68.6 Å². The van der Waals surface area contributed by atoms with E-state index in [-0.39, 0.29) is 11.1 Å². The van der Waals surface area contributed by atoms with Gasteiger partial charge in [-0.05, 0) is 118 Å². The van der Waals surface area contributed by atoms with Crippen LogP contribution < -0.4 is 33.8 Å². The molecule has 234 valence electrons. The molecular weight excluding hydrogens is 822 g/mol. The number of carbonyl (C=O) groups is 1. The van der Waals surface area contributed by atoms with E-state index in [2.05, 4.69) is 50.2 Å². The van der Waals surface area contributed by atoms with Crippen molar-refractivity contribution in [3.05, 3.63) is 110 Å². The largest absolute Gasteiger partial charge is 0.493 e. The topological polar surface area (TPSA) is 97.6 Å². The van der Waals surface area contributed by atoms with Gasteiger partial charge in [0.15, 0.2) is 27.8 Å². The van der Waals surface area contributed by atoms with E-state index in [9.17, 15) is 9.59 Å². The van der Waals surface area contributed by atoms with Crippen molar-refractivity contribution < 1.29 is 28.5 Å². The summed E-state index contributed by atoms with van der Waals surface area (Å²) in [7, 11) is 2.89. The number of esters is 1. The number of methoxy groups -OCH3 is 2. The third-order valence-corrected chi connectivity index (χ3v) is 9.37. The predicted molar refractivity (Wildman–Crippen MR) is 189 cm³/mol. The molecule has 0 fully saturated rings. The van der Waals surface area contributed by atoms with Crippen LogP contribution in [0, 0.1) is 7.14 Å². The summed E-state index contributed by atoms with van der Waals surface area (Å²) in [5.74, 6) is 1.69. The van der Waals surface area contributed by atoms with Gasteiger partial charge in [-0.1, -0.05) is 29.5 Å². The van der Waals surface area contributed by atoms with Crippen LogP contribution in [0.25, 0.3) is 6.08 Å². The van der Waals surface area contributed by atoms with Crippen molar-refractivity contribution in [2.24, 2.45) is 4.99 Å². The summed E-state index contributed by atoms with van der Waals surface area (Å²) in [5, 5.41) is 0. The van der Waals surface area contributed by atoms with E-state index < -0.39 is 12.0 Å². The first-order valence-corrected chi connectivity index (χ1v) is 17.0. The number of rotatable bonds is 11. The number of nitrogens with zero attached hydrogens (tertiary/aromatic N) is 2. The average molecular weight is 852 g/mol. The molecule has 0 amide bonds. The normalized spacial score (nSPS) is 14.2. The van der Waals surface area contributed by atoms with Crippen molar-refractivity contribution in [2.45, 2.75) is 26.5 Å². The summed E-state index contributed by atoms with van der Waals surface area (Å²) in [5.41, 5.74) is 2.39. The minimum Gasteiger partial charge on any atom is -0.493 e. The number of thiazole rings is 1. The quantitative estimate of drug-likeness (QED) is 0.143. The highest BCUT2D eigenvalue weighted by Gasteiger charge is 2.31. The number of halogens is 2. The van der Waals surface area contributed by atoms with Gasteiger partial charge < -0.3 is 23.7 Å². The second-order valence-electron chi connectivity index (χ2n) is 9.70. The minimum atomic E-state index is -0.780. The average Bonchev–Trinajstić information content (AvgIpc) is 3.35. The van der Waals surface area contributed by atoms with Gasteiger partial charge in [-0.3, -0.25) is 9.36 Å². The molecule has 1 atom stereocenters. The maximum absolute atomic E-state index is 14.0. The lowest BCUT2D eigenvalue weighted by molar-refractivity contribution is -0.136. The lowest BCUT2D eigenvalue weighted by Crippen LogP contribution is -2.39. The Balaban J connectivity index is 1.56. The molecule has 2 heterocycles. The van der Waals surface area contributed by atoms with Gasteiger partial charge in [0.1, 0.15) is 6.61 Å². The third-order valence-electron chi connectivity index (χ3n) is 6.85. The standard InChI is InChI=1S/C33H30I2N2O7S/c1-5-42-25-12-9-21(16-26(25)43-6-2)29-23(32(39)41-4)17-36-33-37(29)31(38)28(45-33)15-20-13-24(35)30(27(14-20)40-3)44-18-19-7-10-22(34)11-8-19/h7-17,29H,5-6,18H2,1-4H3/b28-15-/t29-/m1/s1. The molecule has 1 aliphatic rings. The van der Waals surface area contributed by atoms with Gasteiger partial charge >= 0.3 is 5.97 Å². The number of carbonyl (C=O) groups excluding carboxylic acids is 1. The number of benzene rings is 3. The molecule has 1 aliphatic heterocycles. The van der Waals surface area contributed by atoms with Gasteiger partial charge in [-0.2, -0.15) is 0 Å². The number of hydrogen-bond acceptors (Lipinski definition) is 9. The maximum Gasteiger partial charge on any atom is 0.337 e. The second-order valence-corrected chi connectivity index (χ2v) is 13.1. The van der Waals surface area contributed by atoms with Crippen LogP contribution in [-0.4, -0.2) is 38.0 Å². The van der Waals surface area contributed by atoms with Gasteiger partial charge in [0.25, 0.3) is 5.56 Å². The lowest BCUT2D eigenvalue weighted by Gasteiger charge is -2.23. The number of aromatic nitrogens is 1. The number of hydrogen-bond donors (Lipinski definition) is 0. The molecule has 0 spiro atoms. The molecule has 0 aliphatic carbocycles. The van der Waals surface area contributed by atoms with Crippen LogP contribution in [0.3, 0.4) is 0 Å². The van der Waals surface area contributed by atoms with Crippen molar-refractivity contribution in [1.29, 1.82) is 0 Å². The molecule has 0 bridgehead atoms. The van der Waals surface area contributed by atoms with Crippen molar-refractivity contribution in [3.8, 4) is 23.0 Å². The Bertz CT molecular complexity index is 1930. The summed E-state index contributed by atoms with van der Waals surface area (Å²) in [6.45, 7) is 5.04. The molecule has 0 N–H and O–H groups in total. The first-order valence-electron chi connectivity index (χ1n) is 14.0. The maximum atomic E-state index is 14.0. The summed E-state index contributed by atoms with van der Waals surface area (Å²) >= 11 is 5.71. The van der Waals surface area contributed by atoms with Crippen LogP contribution >= 0.6 is 56.5 Å². The summed E-state index contributed by atoms with van der Waals surface area (Å²) in [4.78, 5) is 31.8. The predicted octanol–water partition coefficient (Wildman–Crippen LogP) is 5.61. The Kier molecular flexibility index (Phi) is 10.9. The molecule has 4 aromatic rings. The molecule has 0 unspecified atom stereocenters. The van der Waals surface area contributed by atoms with Crippen molar-refractivity contribution in [2.75, 3.05) is 27.4 Å². The Labute approximate surface area is 291 Å². The SMILES string of the molecule is CCOc1ccc([C@@H]2C(C(=O)OC)=CN=c3s/c(=C\c4cc(I)c(OCc5ccc(I)cc5)c(OC)c4)c(=O)n32)cc1OCC. The van der Waals surface area contributed by atoms with Gasteiger partial charge in [0.2, 0.25) is 0 Å². The smallest absolute Gasteiger partial charge is 0.337 e. The van der Waals surface area contributed by atoms with E-state index >= 15 is 0 Å². The highest BCUT2D eigenvalue weighted by atomic mass is 127. The van der Waals surface area contributed by atoms with Crippen LogP contribution in [0.15, 0.2) is 76.2 Å². The summed E-state index contributed by atoms with van der Waals surface area (Å²) < 4.78 is 32.4. The van der Waals surface area contributed by atoms with Crippen LogP contribution in [0.4, 0.5) is 0 Å². The van der Waals surface area contributed by atoms with Gasteiger partial charge in [0, 0.05) is 9.77 Å². The monoisotopic (exact) mass is 852 g/mol. The fraction of sp³-hybridized carbons (Fsp3) is 0.242. The van der Waals surface area contributed by atoms with E-state index in [4.69, 9.17) is 23.7 Å².